The predicted octanol–water partition coefficient (Wildman–Crippen LogP) is 5.83. The summed E-state index contributed by atoms with van der Waals surface area (Å²) in [6, 6.07) is 16.9. The Morgan fingerprint density at radius 3 is 2.62 bits per heavy atom. The fourth-order valence-corrected chi connectivity index (χ4v) is 4.78. The van der Waals surface area contributed by atoms with Gasteiger partial charge in [0.15, 0.2) is 5.16 Å². The molecule has 0 unspecified atom stereocenters. The smallest absolute Gasteiger partial charge is 0.278 e. The van der Waals surface area contributed by atoms with Gasteiger partial charge in [0.1, 0.15) is 11.0 Å². The average molecular weight is 495 g/mol. The number of carbonyl (C=O) groups is 1. The molecule has 0 spiro atoms. The molecule has 0 fully saturated rings. The standard InChI is InChI=1S/C26H27ClN4O2S/c1-17(2)12-13-31-25(33)24-23(21(15-30(24)3)18-8-5-4-6-9-18)29-26(31)34-16-22(32)28-20-11-7-10-19(27)14-20/h4-11,14-15,17H,12-13,16H2,1-3H3,(H,28,32). The van der Waals surface area contributed by atoms with E-state index in [2.05, 4.69) is 19.2 Å². The molecule has 1 amide bonds. The van der Waals surface area contributed by atoms with Crippen molar-refractivity contribution in [3.05, 3.63) is 76.2 Å². The van der Waals surface area contributed by atoms with E-state index in [0.29, 0.717) is 39.4 Å². The monoisotopic (exact) mass is 494 g/mol. The molecule has 0 aliphatic heterocycles. The first kappa shape index (κ1) is 24.1. The quantitative estimate of drug-likeness (QED) is 0.247. The number of halogens is 1. The molecule has 0 bridgehead atoms. The Balaban J connectivity index is 1.70. The number of aryl methyl sites for hydroxylation is 1. The van der Waals surface area contributed by atoms with Crippen molar-refractivity contribution in [3.63, 3.8) is 0 Å². The molecule has 4 aromatic rings. The zero-order chi connectivity index (χ0) is 24.2. The van der Waals surface area contributed by atoms with E-state index in [9.17, 15) is 9.59 Å². The normalized spacial score (nSPS) is 11.3. The molecule has 0 atom stereocenters. The minimum atomic E-state index is -0.187. The SMILES string of the molecule is CC(C)CCn1c(SCC(=O)Nc2cccc(Cl)c2)nc2c(-c3ccccc3)cn(C)c2c1=O. The molecule has 2 aromatic carbocycles. The molecule has 0 saturated heterocycles. The fourth-order valence-electron chi connectivity index (χ4n) is 3.77. The molecule has 0 aliphatic carbocycles. The Morgan fingerprint density at radius 2 is 1.91 bits per heavy atom. The highest BCUT2D eigenvalue weighted by molar-refractivity contribution is 7.99. The molecule has 2 heterocycles. The third-order valence-electron chi connectivity index (χ3n) is 5.50. The first-order chi connectivity index (χ1) is 16.3. The summed E-state index contributed by atoms with van der Waals surface area (Å²) in [5.74, 6) is 0.368. The van der Waals surface area contributed by atoms with Crippen LogP contribution in [0.2, 0.25) is 5.02 Å². The number of amides is 1. The second-order valence-corrected chi connectivity index (χ2v) is 9.98. The zero-order valence-corrected chi connectivity index (χ0v) is 21.0. The van der Waals surface area contributed by atoms with Gasteiger partial charge in [-0.15, -0.1) is 0 Å². The zero-order valence-electron chi connectivity index (χ0n) is 19.4. The number of aromatic nitrogens is 3. The predicted molar refractivity (Wildman–Crippen MR) is 141 cm³/mol. The van der Waals surface area contributed by atoms with E-state index >= 15 is 0 Å². The van der Waals surface area contributed by atoms with Crippen molar-refractivity contribution in [2.75, 3.05) is 11.1 Å². The highest BCUT2D eigenvalue weighted by atomic mass is 35.5. The van der Waals surface area contributed by atoms with Gasteiger partial charge in [-0.1, -0.05) is 73.6 Å². The molecule has 4 rings (SSSR count). The van der Waals surface area contributed by atoms with Gasteiger partial charge in [0.2, 0.25) is 5.91 Å². The van der Waals surface area contributed by atoms with Crippen LogP contribution < -0.4 is 10.9 Å². The van der Waals surface area contributed by atoms with Crippen LogP contribution in [0.15, 0.2) is 70.7 Å². The van der Waals surface area contributed by atoms with E-state index < -0.39 is 0 Å². The van der Waals surface area contributed by atoms with Crippen molar-refractivity contribution >= 4 is 46.0 Å². The first-order valence-corrected chi connectivity index (χ1v) is 12.5. The Hall–Kier alpha value is -3.03. The summed E-state index contributed by atoms with van der Waals surface area (Å²) >= 11 is 7.29. The lowest BCUT2D eigenvalue weighted by Gasteiger charge is -2.14. The van der Waals surface area contributed by atoms with Crippen LogP contribution in [0.4, 0.5) is 5.69 Å². The Kier molecular flexibility index (Phi) is 7.44. The molecule has 0 saturated carbocycles. The molecule has 34 heavy (non-hydrogen) atoms. The first-order valence-electron chi connectivity index (χ1n) is 11.2. The van der Waals surface area contributed by atoms with Gasteiger partial charge in [-0.3, -0.25) is 14.2 Å². The van der Waals surface area contributed by atoms with E-state index in [0.717, 1.165) is 17.5 Å². The van der Waals surface area contributed by atoms with Gasteiger partial charge in [-0.25, -0.2) is 4.98 Å². The lowest BCUT2D eigenvalue weighted by molar-refractivity contribution is -0.113. The minimum Gasteiger partial charge on any atom is -0.344 e. The maximum Gasteiger partial charge on any atom is 0.278 e. The van der Waals surface area contributed by atoms with Crippen molar-refractivity contribution in [3.8, 4) is 11.1 Å². The highest BCUT2D eigenvalue weighted by Gasteiger charge is 2.19. The van der Waals surface area contributed by atoms with Crippen LogP contribution in [0.25, 0.3) is 22.2 Å². The number of benzene rings is 2. The second-order valence-electron chi connectivity index (χ2n) is 8.60. The van der Waals surface area contributed by atoms with Crippen LogP contribution in [-0.4, -0.2) is 25.8 Å². The van der Waals surface area contributed by atoms with Crippen molar-refractivity contribution in [2.24, 2.45) is 13.0 Å². The van der Waals surface area contributed by atoms with Crippen molar-refractivity contribution in [1.29, 1.82) is 0 Å². The number of thioether (sulfide) groups is 1. The van der Waals surface area contributed by atoms with Crippen LogP contribution in [0.5, 0.6) is 0 Å². The maximum atomic E-state index is 13.6. The molecule has 8 heteroatoms. The van der Waals surface area contributed by atoms with E-state index in [1.807, 2.05) is 48.1 Å². The number of rotatable bonds is 8. The van der Waals surface area contributed by atoms with E-state index in [1.165, 1.54) is 11.8 Å². The third kappa shape index (κ3) is 5.37. The molecular weight excluding hydrogens is 468 g/mol. The van der Waals surface area contributed by atoms with Crippen LogP contribution >= 0.6 is 23.4 Å². The Bertz CT molecular complexity index is 1380. The molecule has 1 N–H and O–H groups in total. The van der Waals surface area contributed by atoms with Crippen LogP contribution in [0.3, 0.4) is 0 Å². The number of hydrogen-bond donors (Lipinski definition) is 1. The van der Waals surface area contributed by atoms with E-state index in [4.69, 9.17) is 16.6 Å². The summed E-state index contributed by atoms with van der Waals surface area (Å²) in [4.78, 5) is 31.1. The molecule has 2 aromatic heterocycles. The van der Waals surface area contributed by atoms with Gasteiger partial charge in [0.25, 0.3) is 5.56 Å². The fraction of sp³-hybridized carbons (Fsp3) is 0.269. The lowest BCUT2D eigenvalue weighted by Crippen LogP contribution is -2.26. The lowest BCUT2D eigenvalue weighted by atomic mass is 10.1. The van der Waals surface area contributed by atoms with E-state index in [1.54, 1.807) is 28.8 Å². The number of fused-ring (bicyclic) bond motifs is 1. The van der Waals surface area contributed by atoms with Crippen molar-refractivity contribution in [1.82, 2.24) is 14.1 Å². The summed E-state index contributed by atoms with van der Waals surface area (Å²) in [6.45, 7) is 4.79. The summed E-state index contributed by atoms with van der Waals surface area (Å²) in [5, 5.41) is 3.95. The van der Waals surface area contributed by atoms with Crippen molar-refractivity contribution in [2.45, 2.75) is 32.0 Å². The van der Waals surface area contributed by atoms with Gasteiger partial charge in [-0.2, -0.15) is 0 Å². The van der Waals surface area contributed by atoms with Gasteiger partial charge in [0, 0.05) is 36.1 Å². The number of carbonyl (C=O) groups excluding carboxylic acids is 1. The van der Waals surface area contributed by atoms with Gasteiger partial charge in [0.05, 0.1) is 5.75 Å². The summed E-state index contributed by atoms with van der Waals surface area (Å²) in [6.07, 6.45) is 2.78. The van der Waals surface area contributed by atoms with Crippen molar-refractivity contribution < 1.29 is 4.79 Å². The van der Waals surface area contributed by atoms with E-state index in [-0.39, 0.29) is 17.2 Å². The second kappa shape index (κ2) is 10.5. The average Bonchev–Trinajstić information content (AvgIpc) is 3.14. The largest absolute Gasteiger partial charge is 0.344 e. The molecule has 0 radical (unpaired) electrons. The molecular formula is C26H27ClN4O2S. The van der Waals surface area contributed by atoms with Crippen LogP contribution in [0.1, 0.15) is 20.3 Å². The third-order valence-corrected chi connectivity index (χ3v) is 6.71. The van der Waals surface area contributed by atoms with Gasteiger partial charge < -0.3 is 9.88 Å². The molecule has 6 nitrogen and oxygen atoms in total. The summed E-state index contributed by atoms with van der Waals surface area (Å²) < 4.78 is 3.55. The summed E-state index contributed by atoms with van der Waals surface area (Å²) in [5.41, 5.74) is 3.65. The topological polar surface area (TPSA) is 68.9 Å². The Labute approximate surface area is 208 Å². The number of anilines is 1. The highest BCUT2D eigenvalue weighted by Crippen LogP contribution is 2.29. The van der Waals surface area contributed by atoms with Crippen LogP contribution in [-0.2, 0) is 18.4 Å². The van der Waals surface area contributed by atoms with Crippen LogP contribution in [0, 0.1) is 5.92 Å². The number of hydrogen-bond acceptors (Lipinski definition) is 4. The Morgan fingerprint density at radius 1 is 1.15 bits per heavy atom. The van der Waals surface area contributed by atoms with Gasteiger partial charge in [-0.05, 0) is 36.1 Å². The number of nitrogens with one attached hydrogen (secondary N) is 1. The number of nitrogens with zero attached hydrogens (tertiary/aromatic N) is 3. The maximum absolute atomic E-state index is 13.6. The summed E-state index contributed by atoms with van der Waals surface area (Å²) in [7, 11) is 1.87. The molecule has 0 aliphatic rings. The molecule has 176 valence electrons. The minimum absolute atomic E-state index is 0.0897. The van der Waals surface area contributed by atoms with Gasteiger partial charge >= 0.3 is 0 Å².